The first-order valence-corrected chi connectivity index (χ1v) is 9.43. The van der Waals surface area contributed by atoms with Crippen LogP contribution in [0.1, 0.15) is 16.1 Å². The Balaban J connectivity index is 1.59. The highest BCUT2D eigenvalue weighted by Gasteiger charge is 2.13. The maximum Gasteiger partial charge on any atom is 0.257 e. The van der Waals surface area contributed by atoms with Crippen LogP contribution in [-0.2, 0) is 6.42 Å². The van der Waals surface area contributed by atoms with E-state index in [-0.39, 0.29) is 5.91 Å². The number of hydrogen-bond donors (Lipinski definition) is 2. The summed E-state index contributed by atoms with van der Waals surface area (Å²) in [5.41, 5.74) is 4.14. The number of halogens is 1. The first kappa shape index (κ1) is 19.7. The van der Waals surface area contributed by atoms with Gasteiger partial charge >= 0.3 is 0 Å². The summed E-state index contributed by atoms with van der Waals surface area (Å²) in [5, 5.41) is 6.90. The summed E-state index contributed by atoms with van der Waals surface area (Å²) in [6.07, 6.45) is 2.65. The van der Waals surface area contributed by atoms with E-state index in [0.717, 1.165) is 35.7 Å². The second-order valence-electron chi connectivity index (χ2n) is 6.59. The SMILES string of the molecule is CN(C)c1cc(Cl)ccc1C(=O)Nc1ccc(NCCc2ccccn2)cc1. The summed E-state index contributed by atoms with van der Waals surface area (Å²) < 4.78 is 0. The summed E-state index contributed by atoms with van der Waals surface area (Å²) in [5.74, 6) is -0.170. The molecular formula is C22H23ClN4O. The highest BCUT2D eigenvalue weighted by molar-refractivity contribution is 6.31. The van der Waals surface area contributed by atoms with Crippen molar-refractivity contribution in [2.75, 3.05) is 36.2 Å². The highest BCUT2D eigenvalue weighted by Crippen LogP contribution is 2.24. The Morgan fingerprint density at radius 2 is 1.79 bits per heavy atom. The van der Waals surface area contributed by atoms with Crippen LogP contribution in [0.15, 0.2) is 66.9 Å². The van der Waals surface area contributed by atoms with Gasteiger partial charge in [-0.05, 0) is 54.6 Å². The molecule has 144 valence electrons. The molecule has 2 aromatic carbocycles. The van der Waals surface area contributed by atoms with Crippen molar-refractivity contribution >= 4 is 34.6 Å². The van der Waals surface area contributed by atoms with Crippen LogP contribution in [0.2, 0.25) is 5.02 Å². The number of amides is 1. The Bertz CT molecular complexity index is 927. The van der Waals surface area contributed by atoms with Gasteiger partial charge in [-0.25, -0.2) is 0 Å². The molecule has 0 bridgehead atoms. The lowest BCUT2D eigenvalue weighted by molar-refractivity contribution is 0.102. The molecule has 0 aliphatic carbocycles. The quantitative estimate of drug-likeness (QED) is 0.609. The van der Waals surface area contributed by atoms with Crippen molar-refractivity contribution < 1.29 is 4.79 Å². The number of pyridine rings is 1. The first-order valence-electron chi connectivity index (χ1n) is 9.05. The molecule has 0 unspecified atom stereocenters. The highest BCUT2D eigenvalue weighted by atomic mass is 35.5. The van der Waals surface area contributed by atoms with Gasteiger partial charge in [0.1, 0.15) is 0 Å². The molecule has 1 aromatic heterocycles. The summed E-state index contributed by atoms with van der Waals surface area (Å²) in [6.45, 7) is 0.791. The number of anilines is 3. The molecular weight excluding hydrogens is 372 g/mol. The van der Waals surface area contributed by atoms with Crippen molar-refractivity contribution in [3.63, 3.8) is 0 Å². The Morgan fingerprint density at radius 1 is 1.04 bits per heavy atom. The summed E-state index contributed by atoms with van der Waals surface area (Å²) in [7, 11) is 3.77. The second-order valence-corrected chi connectivity index (χ2v) is 7.02. The molecule has 3 rings (SSSR count). The number of carbonyl (C=O) groups is 1. The molecule has 1 amide bonds. The van der Waals surface area contributed by atoms with E-state index < -0.39 is 0 Å². The molecule has 3 aromatic rings. The number of carbonyl (C=O) groups excluding carboxylic acids is 1. The van der Waals surface area contributed by atoms with Crippen molar-refractivity contribution in [1.82, 2.24) is 4.98 Å². The van der Waals surface area contributed by atoms with E-state index in [1.54, 1.807) is 24.4 Å². The molecule has 2 N–H and O–H groups in total. The molecule has 0 aliphatic rings. The summed E-state index contributed by atoms with van der Waals surface area (Å²) in [6, 6.07) is 18.8. The van der Waals surface area contributed by atoms with Gasteiger partial charge in [-0.1, -0.05) is 17.7 Å². The molecule has 0 atom stereocenters. The van der Waals surface area contributed by atoms with Crippen LogP contribution >= 0.6 is 11.6 Å². The minimum Gasteiger partial charge on any atom is -0.385 e. The number of benzene rings is 2. The number of hydrogen-bond acceptors (Lipinski definition) is 4. The van der Waals surface area contributed by atoms with Gasteiger partial charge in [0.25, 0.3) is 5.91 Å². The standard InChI is InChI=1S/C22H23ClN4O/c1-27(2)21-15-16(23)6-11-20(21)22(28)26-19-9-7-18(8-10-19)25-14-12-17-5-3-4-13-24-17/h3-11,13,15,25H,12,14H2,1-2H3,(H,26,28). The second kappa shape index (κ2) is 9.24. The zero-order valence-electron chi connectivity index (χ0n) is 15.9. The fraction of sp³-hybridized carbons (Fsp3) is 0.182. The maximum atomic E-state index is 12.7. The molecule has 28 heavy (non-hydrogen) atoms. The van der Waals surface area contributed by atoms with Crippen molar-refractivity contribution in [2.24, 2.45) is 0 Å². The predicted molar refractivity (Wildman–Crippen MR) is 117 cm³/mol. The molecule has 0 radical (unpaired) electrons. The largest absolute Gasteiger partial charge is 0.385 e. The molecule has 0 saturated heterocycles. The molecule has 6 heteroatoms. The molecule has 0 fully saturated rings. The van der Waals surface area contributed by atoms with E-state index in [9.17, 15) is 4.79 Å². The van der Waals surface area contributed by atoms with Crippen LogP contribution in [0, 0.1) is 0 Å². The predicted octanol–water partition coefficient (Wildman–Crippen LogP) is 4.71. The third-order valence-corrected chi connectivity index (χ3v) is 4.50. The molecule has 5 nitrogen and oxygen atoms in total. The summed E-state index contributed by atoms with van der Waals surface area (Å²) >= 11 is 6.05. The monoisotopic (exact) mass is 394 g/mol. The minimum atomic E-state index is -0.170. The molecule has 1 heterocycles. The summed E-state index contributed by atoms with van der Waals surface area (Å²) in [4.78, 5) is 18.8. The molecule has 0 saturated carbocycles. The van der Waals surface area contributed by atoms with E-state index in [1.165, 1.54) is 0 Å². The van der Waals surface area contributed by atoms with Gasteiger partial charge in [-0.15, -0.1) is 0 Å². The first-order chi connectivity index (χ1) is 13.5. The van der Waals surface area contributed by atoms with E-state index in [2.05, 4.69) is 15.6 Å². The van der Waals surface area contributed by atoms with E-state index in [4.69, 9.17) is 11.6 Å². The third-order valence-electron chi connectivity index (χ3n) is 4.27. The van der Waals surface area contributed by atoms with E-state index in [0.29, 0.717) is 10.6 Å². The lowest BCUT2D eigenvalue weighted by Gasteiger charge is -2.17. The fourth-order valence-electron chi connectivity index (χ4n) is 2.82. The Hall–Kier alpha value is -3.05. The van der Waals surface area contributed by atoms with Crippen molar-refractivity contribution in [1.29, 1.82) is 0 Å². The average Bonchev–Trinajstić information content (AvgIpc) is 2.70. The van der Waals surface area contributed by atoms with Crippen LogP contribution in [0.5, 0.6) is 0 Å². The van der Waals surface area contributed by atoms with Gasteiger partial charge in [0, 0.05) is 55.3 Å². The fourth-order valence-corrected chi connectivity index (χ4v) is 2.98. The van der Waals surface area contributed by atoms with Crippen molar-refractivity contribution in [3.8, 4) is 0 Å². The van der Waals surface area contributed by atoms with Crippen LogP contribution < -0.4 is 15.5 Å². The lowest BCUT2D eigenvalue weighted by Crippen LogP contribution is -2.18. The van der Waals surface area contributed by atoms with Gasteiger partial charge < -0.3 is 15.5 Å². The van der Waals surface area contributed by atoms with Gasteiger partial charge in [0.15, 0.2) is 0 Å². The maximum absolute atomic E-state index is 12.7. The average molecular weight is 395 g/mol. The number of aromatic nitrogens is 1. The Kier molecular flexibility index (Phi) is 6.50. The van der Waals surface area contributed by atoms with Crippen LogP contribution in [-0.4, -0.2) is 31.5 Å². The Labute approximate surface area is 170 Å². The van der Waals surface area contributed by atoms with E-state index >= 15 is 0 Å². The zero-order chi connectivity index (χ0) is 19.9. The number of rotatable bonds is 7. The Morgan fingerprint density at radius 3 is 2.46 bits per heavy atom. The zero-order valence-corrected chi connectivity index (χ0v) is 16.7. The topological polar surface area (TPSA) is 57.3 Å². The number of nitrogens with one attached hydrogen (secondary N) is 2. The van der Waals surface area contributed by atoms with Gasteiger partial charge in [0.05, 0.1) is 11.3 Å². The van der Waals surface area contributed by atoms with Crippen LogP contribution in [0.4, 0.5) is 17.1 Å². The van der Waals surface area contributed by atoms with Gasteiger partial charge in [-0.2, -0.15) is 0 Å². The third kappa shape index (κ3) is 5.24. The van der Waals surface area contributed by atoms with Gasteiger partial charge in [0.2, 0.25) is 0 Å². The smallest absolute Gasteiger partial charge is 0.257 e. The molecule has 0 aliphatic heterocycles. The molecule has 0 spiro atoms. The van der Waals surface area contributed by atoms with Gasteiger partial charge in [-0.3, -0.25) is 9.78 Å². The minimum absolute atomic E-state index is 0.170. The lowest BCUT2D eigenvalue weighted by atomic mass is 10.1. The van der Waals surface area contributed by atoms with Crippen molar-refractivity contribution in [2.45, 2.75) is 6.42 Å². The number of nitrogens with zero attached hydrogens (tertiary/aromatic N) is 2. The van der Waals surface area contributed by atoms with E-state index in [1.807, 2.05) is 61.5 Å². The normalized spacial score (nSPS) is 10.4. The van der Waals surface area contributed by atoms with Crippen LogP contribution in [0.25, 0.3) is 0 Å². The van der Waals surface area contributed by atoms with Crippen molar-refractivity contribution in [3.05, 3.63) is 83.1 Å². The van der Waals surface area contributed by atoms with Crippen LogP contribution in [0.3, 0.4) is 0 Å².